The number of nitrogens with zero attached hydrogens (tertiary/aromatic N) is 5. The summed E-state index contributed by atoms with van der Waals surface area (Å²) in [6, 6.07) is 6.68. The van der Waals surface area contributed by atoms with E-state index in [1.165, 1.54) is 47.9 Å². The number of halogens is 1. The van der Waals surface area contributed by atoms with Gasteiger partial charge in [-0.05, 0) is 39.0 Å². The van der Waals surface area contributed by atoms with Gasteiger partial charge in [0.05, 0.1) is 21.5 Å². The number of pyridine rings is 1. The average Bonchev–Trinajstić information content (AvgIpc) is 3.14. The number of thiazole rings is 1. The Bertz CT molecular complexity index is 1300. The number of ether oxygens (including phenoxy) is 1. The summed E-state index contributed by atoms with van der Waals surface area (Å²) in [6.07, 6.45) is 3.82. The fourth-order valence-electron chi connectivity index (χ4n) is 2.84. The predicted molar refractivity (Wildman–Crippen MR) is 123 cm³/mol. The van der Waals surface area contributed by atoms with E-state index in [1.807, 2.05) is 6.07 Å². The van der Waals surface area contributed by atoms with Gasteiger partial charge < -0.3 is 10.5 Å². The summed E-state index contributed by atoms with van der Waals surface area (Å²) in [5, 5.41) is 0.521. The van der Waals surface area contributed by atoms with Crippen LogP contribution in [0.15, 0.2) is 42.9 Å². The van der Waals surface area contributed by atoms with E-state index >= 15 is 0 Å². The maximum Gasteiger partial charge on any atom is 0.416 e. The molecule has 3 aromatic heterocycles. The smallest absolute Gasteiger partial charge is 0.416 e. The summed E-state index contributed by atoms with van der Waals surface area (Å²) in [7, 11) is 1.52. The molecule has 4 aromatic rings. The van der Waals surface area contributed by atoms with E-state index in [9.17, 15) is 9.18 Å². The highest BCUT2D eigenvalue weighted by Gasteiger charge is 2.22. The van der Waals surface area contributed by atoms with Gasteiger partial charge in [-0.1, -0.05) is 0 Å². The Labute approximate surface area is 187 Å². The van der Waals surface area contributed by atoms with Crippen molar-refractivity contribution in [2.45, 2.75) is 26.4 Å². The van der Waals surface area contributed by atoms with Crippen molar-refractivity contribution in [3.8, 4) is 21.8 Å². The molecule has 0 spiro atoms. The fourth-order valence-corrected chi connectivity index (χ4v) is 3.87. The van der Waals surface area contributed by atoms with Crippen molar-refractivity contribution in [2.75, 3.05) is 17.7 Å². The monoisotopic (exact) mass is 452 g/mol. The van der Waals surface area contributed by atoms with Crippen molar-refractivity contribution >= 4 is 39.3 Å². The quantitative estimate of drug-likeness (QED) is 0.440. The Morgan fingerprint density at radius 1 is 1.12 bits per heavy atom. The highest BCUT2D eigenvalue weighted by Crippen LogP contribution is 2.33. The second kappa shape index (κ2) is 8.12. The Balaban J connectivity index is 1.56. The van der Waals surface area contributed by atoms with Crippen molar-refractivity contribution in [3.05, 3.63) is 48.7 Å². The third-order valence-corrected chi connectivity index (χ3v) is 5.45. The first-order chi connectivity index (χ1) is 15.1. The van der Waals surface area contributed by atoms with Gasteiger partial charge >= 0.3 is 6.09 Å². The van der Waals surface area contributed by atoms with Gasteiger partial charge in [0.15, 0.2) is 0 Å². The van der Waals surface area contributed by atoms with Crippen LogP contribution in [0.3, 0.4) is 0 Å². The van der Waals surface area contributed by atoms with Gasteiger partial charge in [0.1, 0.15) is 16.4 Å². The van der Waals surface area contributed by atoms with Gasteiger partial charge in [-0.25, -0.2) is 29.0 Å². The zero-order chi connectivity index (χ0) is 23.0. The number of hydrogen-bond acceptors (Lipinski definition) is 8. The third kappa shape index (κ3) is 4.50. The topological polar surface area (TPSA) is 107 Å². The van der Waals surface area contributed by atoms with E-state index in [0.717, 1.165) is 10.2 Å². The molecule has 0 aliphatic heterocycles. The minimum absolute atomic E-state index is 0.161. The Hall–Kier alpha value is -3.66. The molecule has 2 N–H and O–H groups in total. The molecule has 3 heterocycles. The summed E-state index contributed by atoms with van der Waals surface area (Å²) in [6.45, 7) is 5.32. The zero-order valence-corrected chi connectivity index (χ0v) is 18.8. The second-order valence-electron chi connectivity index (χ2n) is 8.11. The molecule has 0 saturated carbocycles. The van der Waals surface area contributed by atoms with Crippen LogP contribution in [0.2, 0.25) is 0 Å². The molecule has 0 saturated heterocycles. The molecular formula is C22H21FN6O2S. The molecule has 164 valence electrons. The van der Waals surface area contributed by atoms with Crippen molar-refractivity contribution in [2.24, 2.45) is 0 Å². The zero-order valence-electron chi connectivity index (χ0n) is 18.0. The summed E-state index contributed by atoms with van der Waals surface area (Å²) in [5.41, 5.74) is 7.73. The molecule has 0 aliphatic rings. The molecule has 1 aromatic carbocycles. The van der Waals surface area contributed by atoms with E-state index in [1.54, 1.807) is 32.9 Å². The van der Waals surface area contributed by atoms with Crippen LogP contribution in [0, 0.1) is 5.82 Å². The number of hydrogen-bond donors (Lipinski definition) is 1. The molecule has 8 nitrogen and oxygen atoms in total. The molecule has 4 rings (SSSR count). The van der Waals surface area contributed by atoms with E-state index in [0.29, 0.717) is 27.5 Å². The highest BCUT2D eigenvalue weighted by atomic mass is 32.1. The first-order valence-electron chi connectivity index (χ1n) is 9.72. The SMILES string of the molecule is CN(C(=O)OC(C)(C)C)c1ncc(-c2cc(F)c(-c3nc4ccc(N)cc4s3)cn2)cn1. The molecule has 32 heavy (non-hydrogen) atoms. The van der Waals surface area contributed by atoms with Crippen LogP contribution < -0.4 is 10.6 Å². The number of aromatic nitrogens is 4. The lowest BCUT2D eigenvalue weighted by molar-refractivity contribution is 0.0587. The lowest BCUT2D eigenvalue weighted by atomic mass is 10.2. The maximum absolute atomic E-state index is 14.9. The minimum Gasteiger partial charge on any atom is -0.443 e. The number of nitrogens with two attached hydrogens (primary N) is 1. The lowest BCUT2D eigenvalue weighted by Gasteiger charge is -2.23. The first kappa shape index (κ1) is 21.6. The van der Waals surface area contributed by atoms with E-state index in [4.69, 9.17) is 10.5 Å². The first-order valence-corrected chi connectivity index (χ1v) is 10.5. The molecule has 0 fully saturated rings. The number of anilines is 2. The molecule has 0 bridgehead atoms. The second-order valence-corrected chi connectivity index (χ2v) is 9.14. The number of carbonyl (C=O) groups excluding carboxylic acids is 1. The van der Waals surface area contributed by atoms with Crippen molar-refractivity contribution in [3.63, 3.8) is 0 Å². The standard InChI is InChI=1S/C22H21FN6O2S/c1-22(2,3)31-21(30)29(4)20-26-9-12(10-27-20)17-8-15(23)14(11-25-17)19-28-16-6-5-13(24)7-18(16)32-19/h5-11H,24H2,1-4H3. The van der Waals surface area contributed by atoms with Crippen molar-refractivity contribution in [1.29, 1.82) is 0 Å². The van der Waals surface area contributed by atoms with E-state index < -0.39 is 17.5 Å². The maximum atomic E-state index is 14.9. The van der Waals surface area contributed by atoms with Crippen LogP contribution >= 0.6 is 11.3 Å². The molecule has 0 atom stereocenters. The van der Waals surface area contributed by atoms with E-state index in [2.05, 4.69) is 19.9 Å². The number of fused-ring (bicyclic) bond motifs is 1. The normalized spacial score (nSPS) is 11.5. The van der Waals surface area contributed by atoms with Crippen molar-refractivity contribution < 1.29 is 13.9 Å². The minimum atomic E-state index is -0.635. The summed E-state index contributed by atoms with van der Waals surface area (Å²) in [4.78, 5) is 30.5. The summed E-state index contributed by atoms with van der Waals surface area (Å²) < 4.78 is 21.1. The number of carbonyl (C=O) groups is 1. The predicted octanol–water partition coefficient (Wildman–Crippen LogP) is 4.91. The summed E-state index contributed by atoms with van der Waals surface area (Å²) >= 11 is 1.35. The van der Waals surface area contributed by atoms with Gasteiger partial charge in [-0.2, -0.15) is 0 Å². The fraction of sp³-hybridized carbons (Fsp3) is 0.227. The van der Waals surface area contributed by atoms with Gasteiger partial charge in [0.25, 0.3) is 0 Å². The van der Waals surface area contributed by atoms with Crippen LogP contribution in [0.25, 0.3) is 32.0 Å². The lowest BCUT2D eigenvalue weighted by Crippen LogP contribution is -2.35. The van der Waals surface area contributed by atoms with Crippen LogP contribution in [-0.4, -0.2) is 38.7 Å². The Morgan fingerprint density at radius 3 is 2.50 bits per heavy atom. The van der Waals surface area contributed by atoms with Crippen LogP contribution in [0.1, 0.15) is 20.8 Å². The van der Waals surface area contributed by atoms with Gasteiger partial charge in [0, 0.05) is 43.0 Å². The Kier molecular flexibility index (Phi) is 5.47. The molecule has 0 unspecified atom stereocenters. The van der Waals surface area contributed by atoms with E-state index in [-0.39, 0.29) is 5.95 Å². The number of amides is 1. The van der Waals surface area contributed by atoms with Gasteiger partial charge in [0.2, 0.25) is 5.95 Å². The summed E-state index contributed by atoms with van der Waals surface area (Å²) in [5.74, 6) is -0.300. The largest absolute Gasteiger partial charge is 0.443 e. The average molecular weight is 453 g/mol. The molecule has 1 amide bonds. The molecule has 0 aliphatic carbocycles. The van der Waals surface area contributed by atoms with Gasteiger partial charge in [-0.15, -0.1) is 11.3 Å². The number of rotatable bonds is 3. The van der Waals surface area contributed by atoms with Crippen LogP contribution in [0.4, 0.5) is 20.8 Å². The molecule has 10 heteroatoms. The molecule has 0 radical (unpaired) electrons. The number of nitrogen functional groups attached to an aromatic ring is 1. The highest BCUT2D eigenvalue weighted by molar-refractivity contribution is 7.21. The molecular weight excluding hydrogens is 431 g/mol. The third-order valence-electron chi connectivity index (χ3n) is 4.40. The Morgan fingerprint density at radius 2 is 1.84 bits per heavy atom. The number of benzene rings is 1. The van der Waals surface area contributed by atoms with Gasteiger partial charge in [-0.3, -0.25) is 4.98 Å². The van der Waals surface area contributed by atoms with Crippen molar-refractivity contribution in [1.82, 2.24) is 19.9 Å². The van der Waals surface area contributed by atoms with Crippen LogP contribution in [-0.2, 0) is 4.74 Å². The van der Waals surface area contributed by atoms with Crippen LogP contribution in [0.5, 0.6) is 0 Å².